The predicted octanol–water partition coefficient (Wildman–Crippen LogP) is 4.13. The minimum atomic E-state index is -0.0627. The quantitative estimate of drug-likeness (QED) is 0.804. The van der Waals surface area contributed by atoms with Crippen molar-refractivity contribution < 1.29 is 4.79 Å². The van der Waals surface area contributed by atoms with Gasteiger partial charge in [0.1, 0.15) is 5.15 Å². The van der Waals surface area contributed by atoms with E-state index in [0.717, 1.165) is 11.3 Å². The Labute approximate surface area is 165 Å². The number of carbonyl (C=O) groups is 1. The highest BCUT2D eigenvalue weighted by Crippen LogP contribution is 2.23. The summed E-state index contributed by atoms with van der Waals surface area (Å²) in [4.78, 5) is 25.6. The van der Waals surface area contributed by atoms with E-state index in [-0.39, 0.29) is 12.1 Å². The van der Waals surface area contributed by atoms with Crippen LogP contribution in [0, 0.1) is 19.8 Å². The maximum Gasteiger partial charge on any atom is 0.322 e. The van der Waals surface area contributed by atoms with Crippen LogP contribution in [-0.4, -0.2) is 46.6 Å². The molecule has 1 aromatic carbocycles. The van der Waals surface area contributed by atoms with Crippen LogP contribution in [0.15, 0.2) is 30.5 Å². The molecule has 0 bridgehead atoms. The first-order valence-electron chi connectivity index (χ1n) is 9.23. The van der Waals surface area contributed by atoms with E-state index in [1.54, 1.807) is 12.3 Å². The van der Waals surface area contributed by atoms with Crippen molar-refractivity contribution in [3.05, 3.63) is 46.7 Å². The van der Waals surface area contributed by atoms with Gasteiger partial charge in [0.2, 0.25) is 5.95 Å². The molecular weight excluding hydrogens is 362 g/mol. The molecule has 1 N–H and O–H groups in total. The summed E-state index contributed by atoms with van der Waals surface area (Å²) < 4.78 is 0. The van der Waals surface area contributed by atoms with Crippen molar-refractivity contribution in [2.24, 2.45) is 5.92 Å². The van der Waals surface area contributed by atoms with E-state index < -0.39 is 0 Å². The number of nitrogens with one attached hydrogen (secondary N) is 1. The van der Waals surface area contributed by atoms with Crippen LogP contribution in [0.1, 0.15) is 25.0 Å². The summed E-state index contributed by atoms with van der Waals surface area (Å²) in [5, 5.41) is 3.50. The Morgan fingerprint density at radius 2 is 2.04 bits per heavy atom. The molecule has 3 rings (SSSR count). The zero-order valence-electron chi connectivity index (χ0n) is 16.2. The van der Waals surface area contributed by atoms with E-state index in [4.69, 9.17) is 11.6 Å². The molecule has 27 heavy (non-hydrogen) atoms. The number of amides is 2. The first kappa shape index (κ1) is 19.4. The molecule has 1 aliphatic heterocycles. The number of anilines is 2. The third-order valence-corrected chi connectivity index (χ3v) is 5.17. The molecule has 1 atom stereocenters. The molecule has 0 saturated carbocycles. The number of nitrogens with zero attached hydrogens (tertiary/aromatic N) is 4. The molecule has 144 valence electrons. The van der Waals surface area contributed by atoms with Gasteiger partial charge >= 0.3 is 6.03 Å². The number of hydrogen-bond donors (Lipinski definition) is 1. The van der Waals surface area contributed by atoms with Gasteiger partial charge in [-0.05, 0) is 37.5 Å². The summed E-state index contributed by atoms with van der Waals surface area (Å²) in [5.74, 6) is 0.916. The fraction of sp³-hybridized carbons (Fsp3) is 0.450. The maximum atomic E-state index is 13.0. The average Bonchev–Trinajstić information content (AvgIpc) is 2.63. The molecule has 1 unspecified atom stereocenters. The van der Waals surface area contributed by atoms with E-state index in [1.165, 1.54) is 5.56 Å². The molecule has 0 spiro atoms. The van der Waals surface area contributed by atoms with Crippen LogP contribution in [0.2, 0.25) is 5.15 Å². The summed E-state index contributed by atoms with van der Waals surface area (Å²) >= 11 is 6.01. The summed E-state index contributed by atoms with van der Waals surface area (Å²) in [7, 11) is 0. The zero-order valence-corrected chi connectivity index (χ0v) is 17.0. The highest BCUT2D eigenvalue weighted by molar-refractivity contribution is 6.29. The standard InChI is InChI=1S/C20H26ClN5O/c1-13(2)17-12-25(19-22-8-7-18(21)24-19)9-10-26(17)20(27)23-16-6-5-14(3)11-15(16)4/h5-8,11,13,17H,9-10,12H2,1-4H3,(H,23,27). The van der Waals surface area contributed by atoms with Crippen molar-refractivity contribution in [3.8, 4) is 0 Å². The van der Waals surface area contributed by atoms with Gasteiger partial charge in [0, 0.05) is 31.5 Å². The van der Waals surface area contributed by atoms with E-state index >= 15 is 0 Å². The van der Waals surface area contributed by atoms with Crippen LogP contribution in [0.25, 0.3) is 0 Å². The number of rotatable bonds is 3. The van der Waals surface area contributed by atoms with Gasteiger partial charge in [-0.2, -0.15) is 0 Å². The molecule has 0 aliphatic carbocycles. The van der Waals surface area contributed by atoms with Crippen LogP contribution in [-0.2, 0) is 0 Å². The largest absolute Gasteiger partial charge is 0.337 e. The van der Waals surface area contributed by atoms with Crippen molar-refractivity contribution >= 4 is 29.3 Å². The fourth-order valence-electron chi connectivity index (χ4n) is 3.43. The molecule has 1 aliphatic rings. The van der Waals surface area contributed by atoms with Crippen LogP contribution in [0.4, 0.5) is 16.4 Å². The number of piperazine rings is 1. The lowest BCUT2D eigenvalue weighted by atomic mass is 10.00. The Hall–Kier alpha value is -2.34. The number of aryl methyl sites for hydroxylation is 2. The Kier molecular flexibility index (Phi) is 5.85. The van der Waals surface area contributed by atoms with Crippen molar-refractivity contribution in [3.63, 3.8) is 0 Å². The van der Waals surface area contributed by atoms with Gasteiger partial charge in [0.25, 0.3) is 0 Å². The second-order valence-corrected chi connectivity index (χ2v) is 7.77. The van der Waals surface area contributed by atoms with E-state index in [0.29, 0.717) is 36.7 Å². The Balaban J connectivity index is 1.74. The maximum absolute atomic E-state index is 13.0. The number of halogens is 1. The number of aromatic nitrogens is 2. The molecule has 2 amide bonds. The molecule has 1 aromatic heterocycles. The van der Waals surface area contributed by atoms with Crippen molar-refractivity contribution in [2.45, 2.75) is 33.7 Å². The van der Waals surface area contributed by atoms with Gasteiger partial charge in [0.05, 0.1) is 6.04 Å². The van der Waals surface area contributed by atoms with Gasteiger partial charge in [-0.3, -0.25) is 0 Å². The average molecular weight is 388 g/mol. The van der Waals surface area contributed by atoms with Crippen LogP contribution < -0.4 is 10.2 Å². The van der Waals surface area contributed by atoms with Crippen molar-refractivity contribution in [1.82, 2.24) is 14.9 Å². The highest BCUT2D eigenvalue weighted by atomic mass is 35.5. The zero-order chi connectivity index (χ0) is 19.6. The molecule has 7 heteroatoms. The number of benzene rings is 1. The SMILES string of the molecule is Cc1ccc(NC(=O)N2CCN(c3nccc(Cl)n3)CC2C(C)C)c(C)c1. The van der Waals surface area contributed by atoms with Gasteiger partial charge in [-0.1, -0.05) is 43.1 Å². The van der Waals surface area contributed by atoms with Gasteiger partial charge in [-0.15, -0.1) is 0 Å². The Morgan fingerprint density at radius 3 is 2.70 bits per heavy atom. The molecule has 0 radical (unpaired) electrons. The van der Waals surface area contributed by atoms with Crippen LogP contribution in [0.5, 0.6) is 0 Å². The first-order valence-corrected chi connectivity index (χ1v) is 9.61. The molecule has 1 saturated heterocycles. The second-order valence-electron chi connectivity index (χ2n) is 7.38. The predicted molar refractivity (Wildman–Crippen MR) is 110 cm³/mol. The molecule has 1 fully saturated rings. The third kappa shape index (κ3) is 4.50. The van der Waals surface area contributed by atoms with Crippen molar-refractivity contribution in [1.29, 1.82) is 0 Å². The molecule has 2 aromatic rings. The van der Waals surface area contributed by atoms with Gasteiger partial charge in [-0.25, -0.2) is 14.8 Å². The number of urea groups is 1. The van der Waals surface area contributed by atoms with E-state index in [1.807, 2.05) is 30.9 Å². The summed E-state index contributed by atoms with van der Waals surface area (Å²) in [5.41, 5.74) is 3.10. The van der Waals surface area contributed by atoms with E-state index in [9.17, 15) is 4.79 Å². The Bertz CT molecular complexity index is 826. The minimum absolute atomic E-state index is 0.0621. The monoisotopic (exact) mass is 387 g/mol. The van der Waals surface area contributed by atoms with Crippen LogP contribution in [0.3, 0.4) is 0 Å². The van der Waals surface area contributed by atoms with Crippen molar-refractivity contribution in [2.75, 3.05) is 29.9 Å². The lowest BCUT2D eigenvalue weighted by Gasteiger charge is -2.43. The summed E-state index contributed by atoms with van der Waals surface area (Å²) in [6, 6.07) is 7.71. The third-order valence-electron chi connectivity index (χ3n) is 4.96. The summed E-state index contributed by atoms with van der Waals surface area (Å²) in [6.07, 6.45) is 1.66. The first-order chi connectivity index (χ1) is 12.8. The lowest BCUT2D eigenvalue weighted by Crippen LogP contribution is -2.58. The topological polar surface area (TPSA) is 61.4 Å². The molecule has 6 nitrogen and oxygen atoms in total. The van der Waals surface area contributed by atoms with Gasteiger partial charge in [0.15, 0.2) is 0 Å². The molecule has 2 heterocycles. The normalized spacial score (nSPS) is 17.3. The number of carbonyl (C=O) groups excluding carboxylic acids is 1. The fourth-order valence-corrected chi connectivity index (χ4v) is 3.57. The van der Waals surface area contributed by atoms with Crippen LogP contribution >= 0.6 is 11.6 Å². The van der Waals surface area contributed by atoms with E-state index in [2.05, 4.69) is 40.1 Å². The van der Waals surface area contributed by atoms with Gasteiger partial charge < -0.3 is 15.1 Å². The number of hydrogen-bond acceptors (Lipinski definition) is 4. The lowest BCUT2D eigenvalue weighted by molar-refractivity contribution is 0.156. The summed E-state index contributed by atoms with van der Waals surface area (Å²) in [6.45, 7) is 10.3. The second kappa shape index (κ2) is 8.13. The Morgan fingerprint density at radius 1 is 1.26 bits per heavy atom. The highest BCUT2D eigenvalue weighted by Gasteiger charge is 2.33. The smallest absolute Gasteiger partial charge is 0.322 e. The molecular formula is C20H26ClN5O. The minimum Gasteiger partial charge on any atom is -0.337 e.